The fourth-order valence-corrected chi connectivity index (χ4v) is 1.45. The van der Waals surface area contributed by atoms with Gasteiger partial charge in [0.15, 0.2) is 0 Å². The number of halogens is 1. The van der Waals surface area contributed by atoms with Gasteiger partial charge >= 0.3 is 0 Å². The van der Waals surface area contributed by atoms with Gasteiger partial charge in [0.05, 0.1) is 6.54 Å². The van der Waals surface area contributed by atoms with Crippen LogP contribution in [-0.2, 0) is 0 Å². The largest absolute Gasteiger partial charge is 0.492 e. The Labute approximate surface area is 110 Å². The third-order valence-electron chi connectivity index (χ3n) is 2.37. The Morgan fingerprint density at radius 3 is 2.68 bits per heavy atom. The minimum atomic E-state index is -0.309. The second kappa shape index (κ2) is 6.49. The fraction of sp³-hybridized carbons (Fsp3) is 0.143. The number of ether oxygens (including phenoxy) is 1. The second-order valence-corrected chi connectivity index (χ2v) is 3.77. The number of amides is 1. The van der Waals surface area contributed by atoms with Gasteiger partial charge in [-0.2, -0.15) is 0 Å². The molecule has 0 aliphatic rings. The summed E-state index contributed by atoms with van der Waals surface area (Å²) in [6.07, 6.45) is 1.56. The van der Waals surface area contributed by atoms with Crippen LogP contribution in [0.4, 0.5) is 4.39 Å². The number of pyridine rings is 1. The van der Waals surface area contributed by atoms with Crippen molar-refractivity contribution in [2.24, 2.45) is 0 Å². The Morgan fingerprint density at radius 1 is 1.21 bits per heavy atom. The summed E-state index contributed by atoms with van der Waals surface area (Å²) in [4.78, 5) is 15.6. The summed E-state index contributed by atoms with van der Waals surface area (Å²) in [7, 11) is 0. The van der Waals surface area contributed by atoms with Gasteiger partial charge in [0.2, 0.25) is 0 Å². The van der Waals surface area contributed by atoms with Crippen molar-refractivity contribution in [1.82, 2.24) is 10.3 Å². The van der Waals surface area contributed by atoms with Crippen molar-refractivity contribution in [3.63, 3.8) is 0 Å². The summed E-state index contributed by atoms with van der Waals surface area (Å²) < 4.78 is 18.0. The molecule has 1 aromatic carbocycles. The molecule has 2 aromatic rings. The zero-order valence-corrected chi connectivity index (χ0v) is 10.2. The van der Waals surface area contributed by atoms with E-state index in [-0.39, 0.29) is 11.7 Å². The topological polar surface area (TPSA) is 51.2 Å². The summed E-state index contributed by atoms with van der Waals surface area (Å²) in [5, 5.41) is 2.68. The van der Waals surface area contributed by atoms with Gasteiger partial charge in [0.1, 0.15) is 23.9 Å². The molecule has 1 heterocycles. The van der Waals surface area contributed by atoms with Crippen LogP contribution in [0.2, 0.25) is 0 Å². The third-order valence-corrected chi connectivity index (χ3v) is 2.37. The molecule has 0 fully saturated rings. The monoisotopic (exact) mass is 260 g/mol. The molecule has 0 saturated heterocycles. The minimum absolute atomic E-state index is 0.247. The highest BCUT2D eigenvalue weighted by Gasteiger charge is 2.04. The molecule has 1 amide bonds. The maximum Gasteiger partial charge on any atom is 0.269 e. The van der Waals surface area contributed by atoms with E-state index < -0.39 is 0 Å². The molecule has 0 aliphatic carbocycles. The molecular formula is C14H13FN2O2. The highest BCUT2D eigenvalue weighted by molar-refractivity contribution is 5.92. The molecule has 98 valence electrons. The van der Waals surface area contributed by atoms with Crippen molar-refractivity contribution in [3.05, 3.63) is 60.2 Å². The summed E-state index contributed by atoms with van der Waals surface area (Å²) in [6, 6.07) is 10.8. The van der Waals surface area contributed by atoms with Gasteiger partial charge in [0.25, 0.3) is 5.91 Å². The molecular weight excluding hydrogens is 247 g/mol. The van der Waals surface area contributed by atoms with Crippen LogP contribution in [0.3, 0.4) is 0 Å². The van der Waals surface area contributed by atoms with Crippen molar-refractivity contribution in [2.75, 3.05) is 13.2 Å². The number of hydrogen-bond acceptors (Lipinski definition) is 3. The van der Waals surface area contributed by atoms with E-state index >= 15 is 0 Å². The summed E-state index contributed by atoms with van der Waals surface area (Å²) in [6.45, 7) is 0.664. The zero-order valence-electron chi connectivity index (χ0n) is 10.2. The van der Waals surface area contributed by atoms with E-state index in [4.69, 9.17) is 4.74 Å². The van der Waals surface area contributed by atoms with Crippen LogP contribution in [0, 0.1) is 5.82 Å². The fourth-order valence-electron chi connectivity index (χ4n) is 1.45. The average molecular weight is 260 g/mol. The van der Waals surface area contributed by atoms with Crippen molar-refractivity contribution in [2.45, 2.75) is 0 Å². The predicted molar refractivity (Wildman–Crippen MR) is 68.5 cm³/mol. The van der Waals surface area contributed by atoms with E-state index in [0.29, 0.717) is 24.6 Å². The van der Waals surface area contributed by atoms with Crippen molar-refractivity contribution in [1.29, 1.82) is 0 Å². The molecule has 2 rings (SSSR count). The maximum absolute atomic E-state index is 12.6. The van der Waals surface area contributed by atoms with Crippen LogP contribution < -0.4 is 10.1 Å². The molecule has 0 aliphatic heterocycles. The first-order valence-electron chi connectivity index (χ1n) is 5.83. The average Bonchev–Trinajstić information content (AvgIpc) is 2.46. The van der Waals surface area contributed by atoms with Gasteiger partial charge in [-0.1, -0.05) is 6.07 Å². The van der Waals surface area contributed by atoms with E-state index in [1.54, 1.807) is 24.4 Å². The smallest absolute Gasteiger partial charge is 0.269 e. The van der Waals surface area contributed by atoms with Crippen LogP contribution in [0.15, 0.2) is 48.7 Å². The molecule has 4 nitrogen and oxygen atoms in total. The number of nitrogens with zero attached hydrogens (tertiary/aromatic N) is 1. The minimum Gasteiger partial charge on any atom is -0.492 e. The quantitative estimate of drug-likeness (QED) is 0.837. The predicted octanol–water partition coefficient (Wildman–Crippen LogP) is 2.03. The normalized spacial score (nSPS) is 9.95. The van der Waals surface area contributed by atoms with E-state index in [9.17, 15) is 9.18 Å². The number of hydrogen-bond donors (Lipinski definition) is 1. The van der Waals surface area contributed by atoms with Crippen molar-refractivity contribution >= 4 is 5.91 Å². The van der Waals surface area contributed by atoms with E-state index in [0.717, 1.165) is 0 Å². The van der Waals surface area contributed by atoms with Crippen molar-refractivity contribution in [3.8, 4) is 5.75 Å². The molecule has 0 radical (unpaired) electrons. The van der Waals surface area contributed by atoms with Crippen LogP contribution in [-0.4, -0.2) is 24.0 Å². The van der Waals surface area contributed by atoms with E-state index in [1.807, 2.05) is 0 Å². The summed E-state index contributed by atoms with van der Waals surface area (Å²) in [5.74, 6) is 0.00703. The number of rotatable bonds is 5. The molecule has 5 heteroatoms. The molecule has 0 spiro atoms. The van der Waals surface area contributed by atoms with Crippen LogP contribution >= 0.6 is 0 Å². The van der Waals surface area contributed by atoms with Crippen molar-refractivity contribution < 1.29 is 13.9 Å². The second-order valence-electron chi connectivity index (χ2n) is 3.77. The Bertz CT molecular complexity index is 529. The lowest BCUT2D eigenvalue weighted by Gasteiger charge is -2.07. The molecule has 0 saturated carbocycles. The first kappa shape index (κ1) is 13.0. The van der Waals surface area contributed by atoms with Gasteiger partial charge in [-0.3, -0.25) is 9.78 Å². The molecule has 19 heavy (non-hydrogen) atoms. The number of nitrogens with one attached hydrogen (secondary N) is 1. The lowest BCUT2D eigenvalue weighted by molar-refractivity contribution is 0.0942. The van der Waals surface area contributed by atoms with E-state index in [2.05, 4.69) is 10.3 Å². The number of carbonyl (C=O) groups excluding carboxylic acids is 1. The Morgan fingerprint density at radius 2 is 2.00 bits per heavy atom. The highest BCUT2D eigenvalue weighted by Crippen LogP contribution is 2.10. The molecule has 1 N–H and O–H groups in total. The van der Waals surface area contributed by atoms with Crippen LogP contribution in [0.5, 0.6) is 5.75 Å². The van der Waals surface area contributed by atoms with Gasteiger partial charge in [-0.25, -0.2) is 4.39 Å². The molecule has 0 bridgehead atoms. The number of benzene rings is 1. The first-order valence-corrected chi connectivity index (χ1v) is 5.83. The SMILES string of the molecule is O=C(NCCOc1ccc(F)cc1)c1ccccn1. The standard InChI is InChI=1S/C14H13FN2O2/c15-11-4-6-12(7-5-11)19-10-9-17-14(18)13-3-1-2-8-16-13/h1-8H,9-10H2,(H,17,18). The lowest BCUT2D eigenvalue weighted by atomic mass is 10.3. The third kappa shape index (κ3) is 4.06. The lowest BCUT2D eigenvalue weighted by Crippen LogP contribution is -2.28. The number of aromatic nitrogens is 1. The van der Waals surface area contributed by atoms with Gasteiger partial charge in [0, 0.05) is 6.20 Å². The van der Waals surface area contributed by atoms with Gasteiger partial charge < -0.3 is 10.1 Å². The Kier molecular flexibility index (Phi) is 4.44. The van der Waals surface area contributed by atoms with Crippen LogP contribution in [0.1, 0.15) is 10.5 Å². The molecule has 0 unspecified atom stereocenters. The van der Waals surface area contributed by atoms with E-state index in [1.165, 1.54) is 24.3 Å². The zero-order chi connectivity index (χ0) is 13.5. The maximum atomic E-state index is 12.6. The van der Waals surface area contributed by atoms with Gasteiger partial charge in [-0.15, -0.1) is 0 Å². The molecule has 0 atom stereocenters. The Hall–Kier alpha value is -2.43. The number of carbonyl (C=O) groups is 1. The first-order chi connectivity index (χ1) is 9.25. The summed E-state index contributed by atoms with van der Waals surface area (Å²) >= 11 is 0. The van der Waals surface area contributed by atoms with Gasteiger partial charge in [-0.05, 0) is 36.4 Å². The van der Waals surface area contributed by atoms with Crippen LogP contribution in [0.25, 0.3) is 0 Å². The summed E-state index contributed by atoms with van der Waals surface area (Å²) in [5.41, 5.74) is 0.365. The molecule has 1 aromatic heterocycles. The highest BCUT2D eigenvalue weighted by atomic mass is 19.1. The Balaban J connectivity index is 1.72.